The Bertz CT molecular complexity index is 407. The van der Waals surface area contributed by atoms with Crippen LogP contribution in [0.3, 0.4) is 0 Å². The lowest BCUT2D eigenvalue weighted by Crippen LogP contribution is -2.43. The molecule has 2 atom stereocenters. The van der Waals surface area contributed by atoms with Gasteiger partial charge in [0.1, 0.15) is 0 Å². The van der Waals surface area contributed by atoms with Gasteiger partial charge in [-0.3, -0.25) is 10.3 Å². The second kappa shape index (κ2) is 9.55. The van der Waals surface area contributed by atoms with Crippen LogP contribution in [0.5, 0.6) is 0 Å². The minimum Gasteiger partial charge on any atom is -0.379 e. The fourth-order valence-corrected chi connectivity index (χ4v) is 3.55. The first-order valence-corrected chi connectivity index (χ1v) is 9.37. The van der Waals surface area contributed by atoms with Gasteiger partial charge in [0.15, 0.2) is 5.11 Å². The van der Waals surface area contributed by atoms with Crippen LogP contribution in [0.15, 0.2) is 5.10 Å². The second-order valence-electron chi connectivity index (χ2n) is 7.16. The van der Waals surface area contributed by atoms with Crippen LogP contribution < -0.4 is 10.7 Å². The molecule has 0 spiro atoms. The zero-order valence-corrected chi connectivity index (χ0v) is 15.6. The Labute approximate surface area is 146 Å². The molecule has 1 aliphatic carbocycles. The number of hydrogen-bond acceptors (Lipinski definition) is 4. The standard InChI is InChI=1S/C17H32N4OS/c1-13(2)15-5-4-14(3)12-16(15)19-20-17(23)18-6-7-21-8-10-22-11-9-21/h13-15H,4-12H2,1-3H3,(H2,18,20,23)/b19-16-/t14-,15+/m1/s1. The van der Waals surface area contributed by atoms with Gasteiger partial charge in [0.25, 0.3) is 0 Å². The van der Waals surface area contributed by atoms with E-state index in [0.717, 1.165) is 51.7 Å². The third kappa shape index (κ3) is 6.36. The van der Waals surface area contributed by atoms with E-state index in [-0.39, 0.29) is 0 Å². The van der Waals surface area contributed by atoms with E-state index in [1.165, 1.54) is 18.6 Å². The molecule has 2 N–H and O–H groups in total. The van der Waals surface area contributed by atoms with E-state index in [1.807, 2.05) is 0 Å². The van der Waals surface area contributed by atoms with Crippen LogP contribution >= 0.6 is 12.2 Å². The van der Waals surface area contributed by atoms with Gasteiger partial charge in [-0.25, -0.2) is 0 Å². The van der Waals surface area contributed by atoms with Crippen molar-refractivity contribution in [3.8, 4) is 0 Å². The molecule has 0 amide bonds. The lowest BCUT2D eigenvalue weighted by Gasteiger charge is -2.30. The summed E-state index contributed by atoms with van der Waals surface area (Å²) in [5, 5.41) is 8.52. The molecular formula is C17H32N4OS. The van der Waals surface area contributed by atoms with Gasteiger partial charge in [0.2, 0.25) is 0 Å². The Morgan fingerprint density at radius 1 is 1.35 bits per heavy atom. The minimum atomic E-state index is 0.592. The highest BCUT2D eigenvalue weighted by Gasteiger charge is 2.27. The Hall–Kier alpha value is -0.720. The van der Waals surface area contributed by atoms with Crippen molar-refractivity contribution in [3.63, 3.8) is 0 Å². The topological polar surface area (TPSA) is 48.9 Å². The Morgan fingerprint density at radius 2 is 2.09 bits per heavy atom. The Balaban J connectivity index is 1.72. The average molecular weight is 341 g/mol. The van der Waals surface area contributed by atoms with Crippen molar-refractivity contribution in [2.24, 2.45) is 22.9 Å². The average Bonchev–Trinajstić information content (AvgIpc) is 2.53. The van der Waals surface area contributed by atoms with Gasteiger partial charge in [-0.1, -0.05) is 20.8 Å². The molecule has 1 saturated heterocycles. The molecule has 1 saturated carbocycles. The van der Waals surface area contributed by atoms with Crippen molar-refractivity contribution in [2.75, 3.05) is 39.4 Å². The maximum absolute atomic E-state index is 5.35. The normalized spacial score (nSPS) is 28.1. The summed E-state index contributed by atoms with van der Waals surface area (Å²) >= 11 is 5.35. The van der Waals surface area contributed by atoms with Crippen LogP contribution in [0.4, 0.5) is 0 Å². The van der Waals surface area contributed by atoms with Gasteiger partial charge in [-0.2, -0.15) is 5.10 Å². The molecule has 1 aliphatic heterocycles. The number of hydrazone groups is 1. The largest absolute Gasteiger partial charge is 0.379 e. The van der Waals surface area contributed by atoms with E-state index in [4.69, 9.17) is 17.0 Å². The van der Waals surface area contributed by atoms with Crippen molar-refractivity contribution < 1.29 is 4.74 Å². The summed E-state index contributed by atoms with van der Waals surface area (Å²) < 4.78 is 5.35. The zero-order chi connectivity index (χ0) is 16.7. The van der Waals surface area contributed by atoms with Crippen LogP contribution in [0, 0.1) is 17.8 Å². The monoisotopic (exact) mass is 340 g/mol. The summed E-state index contributed by atoms with van der Waals surface area (Å²) in [7, 11) is 0. The molecule has 0 radical (unpaired) electrons. The predicted molar refractivity (Wildman–Crippen MR) is 99.8 cm³/mol. The molecule has 6 heteroatoms. The molecule has 2 fully saturated rings. The van der Waals surface area contributed by atoms with Gasteiger partial charge in [0, 0.05) is 37.8 Å². The summed E-state index contributed by atoms with van der Waals surface area (Å²) in [6.45, 7) is 12.4. The van der Waals surface area contributed by atoms with Crippen LogP contribution in [0.2, 0.25) is 0 Å². The molecule has 132 valence electrons. The second-order valence-corrected chi connectivity index (χ2v) is 7.57. The third-order valence-corrected chi connectivity index (χ3v) is 5.11. The fourth-order valence-electron chi connectivity index (χ4n) is 3.40. The first-order chi connectivity index (χ1) is 11.1. The van der Waals surface area contributed by atoms with E-state index < -0.39 is 0 Å². The highest BCUT2D eigenvalue weighted by Crippen LogP contribution is 2.31. The zero-order valence-electron chi connectivity index (χ0n) is 14.8. The number of morpholine rings is 1. The van der Waals surface area contributed by atoms with E-state index in [9.17, 15) is 0 Å². The molecule has 0 aromatic rings. The van der Waals surface area contributed by atoms with E-state index >= 15 is 0 Å². The maximum atomic E-state index is 5.35. The number of nitrogens with one attached hydrogen (secondary N) is 2. The molecule has 0 aromatic heterocycles. The molecule has 2 aliphatic rings. The minimum absolute atomic E-state index is 0.592. The maximum Gasteiger partial charge on any atom is 0.186 e. The van der Waals surface area contributed by atoms with E-state index in [0.29, 0.717) is 16.9 Å². The van der Waals surface area contributed by atoms with Gasteiger partial charge in [0.05, 0.1) is 13.2 Å². The van der Waals surface area contributed by atoms with Crippen molar-refractivity contribution in [3.05, 3.63) is 0 Å². The number of ether oxygens (including phenoxy) is 1. The number of nitrogens with zero attached hydrogens (tertiary/aromatic N) is 2. The molecule has 0 unspecified atom stereocenters. The van der Waals surface area contributed by atoms with Crippen LogP contribution in [0.25, 0.3) is 0 Å². The smallest absolute Gasteiger partial charge is 0.186 e. The number of hydrogen-bond donors (Lipinski definition) is 2. The summed E-state index contributed by atoms with van der Waals surface area (Å²) in [6, 6.07) is 0. The van der Waals surface area contributed by atoms with Crippen molar-refractivity contribution in [2.45, 2.75) is 40.0 Å². The third-order valence-electron chi connectivity index (χ3n) is 4.88. The fraction of sp³-hybridized carbons (Fsp3) is 0.882. The molecule has 5 nitrogen and oxygen atoms in total. The number of thiocarbonyl (C=S) groups is 1. The number of rotatable bonds is 5. The first-order valence-electron chi connectivity index (χ1n) is 8.96. The van der Waals surface area contributed by atoms with Crippen molar-refractivity contribution >= 4 is 23.0 Å². The van der Waals surface area contributed by atoms with Crippen molar-refractivity contribution in [1.82, 2.24) is 15.6 Å². The summed E-state index contributed by atoms with van der Waals surface area (Å²) in [6.07, 6.45) is 3.65. The molecule has 0 aromatic carbocycles. The van der Waals surface area contributed by atoms with Crippen molar-refractivity contribution in [1.29, 1.82) is 0 Å². The highest BCUT2D eigenvalue weighted by atomic mass is 32.1. The Kier molecular flexibility index (Phi) is 7.73. The quantitative estimate of drug-likeness (QED) is 0.594. The highest BCUT2D eigenvalue weighted by molar-refractivity contribution is 7.80. The summed E-state index contributed by atoms with van der Waals surface area (Å²) in [5.74, 6) is 1.97. The van der Waals surface area contributed by atoms with Gasteiger partial charge in [-0.15, -0.1) is 0 Å². The first kappa shape index (κ1) is 18.6. The SMILES string of the molecule is CC(C)[C@@H]1CC[C@@H](C)C/C1=N/NC(=S)NCCN1CCOCC1. The predicted octanol–water partition coefficient (Wildman–Crippen LogP) is 2.23. The lowest BCUT2D eigenvalue weighted by atomic mass is 9.76. The summed E-state index contributed by atoms with van der Waals surface area (Å²) in [4.78, 5) is 2.39. The molecule has 1 heterocycles. The molecule has 23 heavy (non-hydrogen) atoms. The van der Waals surface area contributed by atoms with Gasteiger partial charge in [-0.05, 0) is 43.3 Å². The van der Waals surface area contributed by atoms with Gasteiger partial charge < -0.3 is 10.1 Å². The molecule has 2 rings (SSSR count). The van der Waals surface area contributed by atoms with Crippen LogP contribution in [-0.4, -0.2) is 55.1 Å². The summed E-state index contributed by atoms with van der Waals surface area (Å²) in [5.41, 5.74) is 4.35. The van der Waals surface area contributed by atoms with Gasteiger partial charge >= 0.3 is 0 Å². The van der Waals surface area contributed by atoms with Crippen LogP contribution in [-0.2, 0) is 4.74 Å². The molecular weight excluding hydrogens is 308 g/mol. The van der Waals surface area contributed by atoms with E-state index in [1.54, 1.807) is 0 Å². The van der Waals surface area contributed by atoms with E-state index in [2.05, 4.69) is 41.5 Å². The lowest BCUT2D eigenvalue weighted by molar-refractivity contribution is 0.0389. The Morgan fingerprint density at radius 3 is 2.78 bits per heavy atom. The van der Waals surface area contributed by atoms with Crippen LogP contribution in [0.1, 0.15) is 40.0 Å². The molecule has 0 bridgehead atoms.